The summed E-state index contributed by atoms with van der Waals surface area (Å²) in [6.07, 6.45) is 5.38. The number of nitrogens with zero attached hydrogens (tertiary/aromatic N) is 1. The zero-order valence-corrected chi connectivity index (χ0v) is 10.6. The van der Waals surface area contributed by atoms with Gasteiger partial charge in [0, 0.05) is 11.8 Å². The van der Waals surface area contributed by atoms with Gasteiger partial charge in [-0.2, -0.15) is 0 Å². The van der Waals surface area contributed by atoms with Gasteiger partial charge in [0.1, 0.15) is 5.84 Å². The summed E-state index contributed by atoms with van der Waals surface area (Å²) < 4.78 is 0. The highest BCUT2D eigenvalue weighted by Crippen LogP contribution is 2.37. The van der Waals surface area contributed by atoms with E-state index in [9.17, 15) is 0 Å². The first-order valence-corrected chi connectivity index (χ1v) is 6.40. The number of hydrogen-bond acceptors (Lipinski definition) is 2. The largest absolute Gasteiger partial charge is 0.346 e. The normalized spacial score (nSPS) is 21.8. The van der Waals surface area contributed by atoms with E-state index in [0.717, 1.165) is 5.84 Å². The second kappa shape index (κ2) is 3.73. The first-order valence-electron chi connectivity index (χ1n) is 6.40. The van der Waals surface area contributed by atoms with Crippen LogP contribution >= 0.6 is 0 Å². The van der Waals surface area contributed by atoms with Gasteiger partial charge in [0.15, 0.2) is 0 Å². The Hall–Kier alpha value is -1.57. The Kier molecular flexibility index (Phi) is 2.32. The molecule has 3 rings (SSSR count). The molecule has 0 radical (unpaired) electrons. The Morgan fingerprint density at radius 1 is 1.41 bits per heavy atom. The molecular formula is C15H18N2. The highest BCUT2D eigenvalue weighted by atomic mass is 15.0. The summed E-state index contributed by atoms with van der Waals surface area (Å²) in [6, 6.07) is 4.83. The Bertz CT molecular complexity index is 526. The molecule has 1 N–H and O–H groups in total. The number of rotatable bonds is 2. The quantitative estimate of drug-likeness (QED) is 0.818. The lowest BCUT2D eigenvalue weighted by molar-refractivity contribution is 0.730. The van der Waals surface area contributed by atoms with Crippen LogP contribution in [0.15, 0.2) is 23.3 Å². The van der Waals surface area contributed by atoms with Gasteiger partial charge in [0.25, 0.3) is 0 Å². The highest BCUT2D eigenvalue weighted by Gasteiger charge is 2.27. The zero-order valence-electron chi connectivity index (χ0n) is 10.6. The molecule has 2 heteroatoms. The predicted molar refractivity (Wildman–Crippen MR) is 72.3 cm³/mol. The fraction of sp³-hybridized carbons (Fsp3) is 0.400. The number of benzene rings is 1. The first-order chi connectivity index (χ1) is 8.22. The summed E-state index contributed by atoms with van der Waals surface area (Å²) in [4.78, 5) is 4.67. The van der Waals surface area contributed by atoms with Crippen LogP contribution < -0.4 is 5.32 Å². The summed E-state index contributed by atoms with van der Waals surface area (Å²) >= 11 is 0. The third-order valence-corrected chi connectivity index (χ3v) is 3.93. The average molecular weight is 226 g/mol. The van der Waals surface area contributed by atoms with Gasteiger partial charge in [0.2, 0.25) is 0 Å². The van der Waals surface area contributed by atoms with Crippen molar-refractivity contribution in [3.8, 4) is 0 Å². The van der Waals surface area contributed by atoms with Gasteiger partial charge in [-0.05, 0) is 42.0 Å². The number of nitrogens with one attached hydrogen (secondary N) is 1. The Balaban J connectivity index is 2.23. The monoisotopic (exact) mass is 226 g/mol. The van der Waals surface area contributed by atoms with Crippen molar-refractivity contribution >= 4 is 11.9 Å². The van der Waals surface area contributed by atoms with Crippen molar-refractivity contribution in [2.45, 2.75) is 39.2 Å². The molecule has 0 bridgehead atoms. The topological polar surface area (TPSA) is 24.4 Å². The number of hydrogen-bond donors (Lipinski definition) is 1. The zero-order chi connectivity index (χ0) is 12.0. The second-order valence-corrected chi connectivity index (χ2v) is 4.97. The molecule has 88 valence electrons. The van der Waals surface area contributed by atoms with Gasteiger partial charge < -0.3 is 5.32 Å². The molecule has 1 aromatic carbocycles. The van der Waals surface area contributed by atoms with Gasteiger partial charge in [-0.1, -0.05) is 26.0 Å². The molecule has 17 heavy (non-hydrogen) atoms. The lowest BCUT2D eigenvalue weighted by Crippen LogP contribution is -2.22. The molecule has 0 saturated heterocycles. The van der Waals surface area contributed by atoms with Crippen molar-refractivity contribution in [3.05, 3.63) is 40.6 Å². The molecule has 1 unspecified atom stereocenters. The van der Waals surface area contributed by atoms with Crippen LogP contribution in [-0.4, -0.2) is 5.84 Å². The van der Waals surface area contributed by atoms with Gasteiger partial charge >= 0.3 is 0 Å². The Morgan fingerprint density at radius 3 is 3.00 bits per heavy atom. The molecular weight excluding hydrogens is 208 g/mol. The summed E-state index contributed by atoms with van der Waals surface area (Å²) in [5, 5.41) is 3.26. The molecule has 2 nitrogen and oxygen atoms in total. The maximum absolute atomic E-state index is 4.67. The van der Waals surface area contributed by atoms with E-state index < -0.39 is 0 Å². The van der Waals surface area contributed by atoms with Gasteiger partial charge in [-0.15, -0.1) is 0 Å². The second-order valence-electron chi connectivity index (χ2n) is 4.97. The lowest BCUT2D eigenvalue weighted by atomic mass is 9.86. The minimum atomic E-state index is 0.289. The van der Waals surface area contributed by atoms with E-state index in [1.807, 2.05) is 6.20 Å². The third kappa shape index (κ3) is 1.43. The maximum atomic E-state index is 4.67. The predicted octanol–water partition coefficient (Wildman–Crippen LogP) is 3.60. The van der Waals surface area contributed by atoms with Gasteiger partial charge in [-0.25, -0.2) is 0 Å². The van der Waals surface area contributed by atoms with Crippen LogP contribution in [0.4, 0.5) is 0 Å². The summed E-state index contributed by atoms with van der Waals surface area (Å²) in [5.41, 5.74) is 5.52. The van der Waals surface area contributed by atoms with E-state index >= 15 is 0 Å². The van der Waals surface area contributed by atoms with Crippen molar-refractivity contribution in [1.29, 1.82) is 0 Å². The molecule has 0 saturated carbocycles. The van der Waals surface area contributed by atoms with Crippen LogP contribution in [0.2, 0.25) is 0 Å². The van der Waals surface area contributed by atoms with Crippen LogP contribution in [0, 0.1) is 0 Å². The Labute approximate surface area is 102 Å². The van der Waals surface area contributed by atoms with Gasteiger partial charge in [0.05, 0.1) is 6.04 Å². The van der Waals surface area contributed by atoms with E-state index in [4.69, 9.17) is 0 Å². The van der Waals surface area contributed by atoms with Gasteiger partial charge in [-0.3, -0.25) is 4.99 Å². The minimum absolute atomic E-state index is 0.289. The van der Waals surface area contributed by atoms with Crippen molar-refractivity contribution in [2.24, 2.45) is 4.99 Å². The standard InChI is InChI=1S/C15H18N2/c1-4-9(2)11-5-6-12-10(3)17-15-14(12)13(11)7-8-16-15/h5-10H,4H2,1-3H3,(H,16,17)/t9?,10-/m0/s1. The van der Waals surface area contributed by atoms with Crippen molar-refractivity contribution in [3.63, 3.8) is 0 Å². The molecule has 2 aliphatic rings. The summed E-state index contributed by atoms with van der Waals surface area (Å²) in [5.74, 6) is 1.66. The molecule has 0 amide bonds. The van der Waals surface area contributed by atoms with Crippen LogP contribution in [0.25, 0.3) is 6.08 Å². The van der Waals surface area contributed by atoms with E-state index in [2.05, 4.69) is 49.3 Å². The maximum Gasteiger partial charge on any atom is 0.133 e. The molecule has 1 aromatic rings. The van der Waals surface area contributed by atoms with Crippen LogP contribution in [0.5, 0.6) is 0 Å². The molecule has 0 aliphatic carbocycles. The molecule has 0 aromatic heterocycles. The summed E-state index contributed by atoms with van der Waals surface area (Å²) in [6.45, 7) is 6.70. The van der Waals surface area contributed by atoms with E-state index in [1.54, 1.807) is 0 Å². The van der Waals surface area contributed by atoms with Crippen molar-refractivity contribution in [2.75, 3.05) is 0 Å². The number of amidine groups is 1. The molecule has 2 atom stereocenters. The average Bonchev–Trinajstić information content (AvgIpc) is 2.68. The fourth-order valence-electron chi connectivity index (χ4n) is 2.74. The Morgan fingerprint density at radius 2 is 2.24 bits per heavy atom. The first kappa shape index (κ1) is 10.6. The molecule has 0 spiro atoms. The third-order valence-electron chi connectivity index (χ3n) is 3.93. The fourth-order valence-corrected chi connectivity index (χ4v) is 2.74. The number of aliphatic imine (C=N–C) groups is 1. The molecule has 0 fully saturated rings. The minimum Gasteiger partial charge on any atom is -0.346 e. The van der Waals surface area contributed by atoms with Crippen molar-refractivity contribution in [1.82, 2.24) is 5.32 Å². The van der Waals surface area contributed by atoms with E-state index in [1.165, 1.54) is 28.7 Å². The smallest absolute Gasteiger partial charge is 0.133 e. The molecule has 2 aliphatic heterocycles. The lowest BCUT2D eigenvalue weighted by Gasteiger charge is -2.20. The van der Waals surface area contributed by atoms with E-state index in [0.29, 0.717) is 5.92 Å². The SMILES string of the molecule is CCC(C)c1ccc2c3c1C=CNC3=N[C@H]2C. The van der Waals surface area contributed by atoms with Crippen LogP contribution in [0.1, 0.15) is 61.4 Å². The molecule has 2 heterocycles. The summed E-state index contributed by atoms with van der Waals surface area (Å²) in [7, 11) is 0. The highest BCUT2D eigenvalue weighted by molar-refractivity contribution is 6.08. The van der Waals surface area contributed by atoms with Crippen LogP contribution in [0.3, 0.4) is 0 Å². The van der Waals surface area contributed by atoms with Crippen molar-refractivity contribution < 1.29 is 0 Å². The van der Waals surface area contributed by atoms with E-state index in [-0.39, 0.29) is 6.04 Å². The van der Waals surface area contributed by atoms with Crippen LogP contribution in [-0.2, 0) is 0 Å².